The number of hydroxylamine groups is 5. The first-order valence-electron chi connectivity index (χ1n) is 15.1. The number of rotatable bonds is 13. The van der Waals surface area contributed by atoms with Gasteiger partial charge in [-0.3, -0.25) is 9.59 Å². The molecule has 0 radical (unpaired) electrons. The van der Waals surface area contributed by atoms with E-state index in [0.717, 1.165) is 64.2 Å². The first-order chi connectivity index (χ1) is 17.9. The lowest BCUT2D eigenvalue weighted by Crippen LogP contribution is -2.72. The van der Waals surface area contributed by atoms with E-state index in [4.69, 9.17) is 19.1 Å². The summed E-state index contributed by atoms with van der Waals surface area (Å²) in [5.74, 6) is -0.190. The molecular formula is C31H59N2O6+. The van der Waals surface area contributed by atoms with Crippen LogP contribution in [0.3, 0.4) is 0 Å². The maximum Gasteiger partial charge on any atom is 0.306 e. The molecule has 0 aliphatic carbocycles. The van der Waals surface area contributed by atoms with Gasteiger partial charge in [-0.25, -0.2) is 4.84 Å². The zero-order valence-electron chi connectivity index (χ0n) is 27.0. The van der Waals surface area contributed by atoms with E-state index in [1.165, 1.54) is 0 Å². The molecule has 0 saturated carbocycles. The van der Waals surface area contributed by atoms with Gasteiger partial charge in [-0.15, -0.1) is 0 Å². The number of hydrogen-bond acceptors (Lipinski definition) is 7. The number of unbranched alkanes of at least 4 members (excludes halogenated alkanes) is 5. The van der Waals surface area contributed by atoms with Crippen LogP contribution in [0.1, 0.15) is 132 Å². The van der Waals surface area contributed by atoms with Gasteiger partial charge in [-0.2, -0.15) is 9.71 Å². The molecule has 0 aromatic carbocycles. The van der Waals surface area contributed by atoms with Crippen LogP contribution in [0.2, 0.25) is 0 Å². The summed E-state index contributed by atoms with van der Waals surface area (Å²) in [7, 11) is 5.59. The fraction of sp³-hybridized carbons (Fsp3) is 0.935. The Morgan fingerprint density at radius 3 is 1.38 bits per heavy atom. The molecule has 8 heteroatoms. The Morgan fingerprint density at radius 1 is 0.667 bits per heavy atom. The van der Waals surface area contributed by atoms with Crippen molar-refractivity contribution in [2.45, 2.75) is 167 Å². The molecule has 2 rings (SSSR count). The van der Waals surface area contributed by atoms with E-state index in [0.29, 0.717) is 17.5 Å². The monoisotopic (exact) mass is 555 g/mol. The zero-order valence-corrected chi connectivity index (χ0v) is 27.0. The topological polar surface area (TPSA) is 74.3 Å². The van der Waals surface area contributed by atoms with Gasteiger partial charge in [0.1, 0.15) is 23.3 Å². The minimum atomic E-state index is -0.192. The summed E-state index contributed by atoms with van der Waals surface area (Å²) in [6.07, 6.45) is 9.70. The number of carbonyl (C=O) groups excluding carboxylic acids is 2. The molecule has 0 amide bonds. The summed E-state index contributed by atoms with van der Waals surface area (Å²) in [6, 6.07) is 0. The van der Waals surface area contributed by atoms with Gasteiger partial charge in [0, 0.05) is 49.6 Å². The highest BCUT2D eigenvalue weighted by atomic mass is 16.7. The molecule has 8 nitrogen and oxygen atoms in total. The van der Waals surface area contributed by atoms with Gasteiger partial charge in [0.2, 0.25) is 0 Å². The lowest BCUT2D eigenvalue weighted by molar-refractivity contribution is -1.16. The normalized spacial score (nSPS) is 28.1. The molecule has 0 atom stereocenters. The van der Waals surface area contributed by atoms with E-state index >= 15 is 0 Å². The molecule has 0 aromatic heterocycles. The molecule has 39 heavy (non-hydrogen) atoms. The van der Waals surface area contributed by atoms with Crippen molar-refractivity contribution < 1.29 is 33.4 Å². The minimum absolute atomic E-state index is 0.0757. The van der Waals surface area contributed by atoms with Gasteiger partial charge >= 0.3 is 11.9 Å². The average Bonchev–Trinajstić information content (AvgIpc) is 2.77. The van der Waals surface area contributed by atoms with Gasteiger partial charge in [-0.1, -0.05) is 25.7 Å². The predicted molar refractivity (Wildman–Crippen MR) is 154 cm³/mol. The molecule has 228 valence electrons. The number of piperidine rings is 2. The highest BCUT2D eigenvalue weighted by Crippen LogP contribution is 2.45. The maximum atomic E-state index is 12.5. The van der Waals surface area contributed by atoms with Crippen LogP contribution in [0, 0.1) is 0 Å². The van der Waals surface area contributed by atoms with Crippen LogP contribution in [-0.2, 0) is 28.7 Å². The van der Waals surface area contributed by atoms with Crippen LogP contribution >= 0.6 is 0 Å². The highest BCUT2D eigenvalue weighted by molar-refractivity contribution is 5.69. The van der Waals surface area contributed by atoms with Crippen molar-refractivity contribution in [3.63, 3.8) is 0 Å². The van der Waals surface area contributed by atoms with E-state index in [-0.39, 0.29) is 46.3 Å². The van der Waals surface area contributed by atoms with Gasteiger partial charge in [0.15, 0.2) is 0 Å². The van der Waals surface area contributed by atoms with Gasteiger partial charge in [0.25, 0.3) is 0 Å². The highest BCUT2D eigenvalue weighted by Gasteiger charge is 2.59. The Balaban J connectivity index is 1.59. The van der Waals surface area contributed by atoms with E-state index in [1.54, 1.807) is 14.2 Å². The number of nitrogens with zero attached hydrogens (tertiary/aromatic N) is 2. The van der Waals surface area contributed by atoms with Crippen LogP contribution in [0.15, 0.2) is 0 Å². The second-order valence-electron chi connectivity index (χ2n) is 14.5. The molecule has 2 saturated heterocycles. The maximum absolute atomic E-state index is 12.5. The Hall–Kier alpha value is -1.22. The Bertz CT molecular complexity index is 786. The Labute approximate surface area is 238 Å². The third kappa shape index (κ3) is 8.40. The summed E-state index contributed by atoms with van der Waals surface area (Å²) >= 11 is 0. The van der Waals surface area contributed by atoms with Crippen LogP contribution < -0.4 is 0 Å². The largest absolute Gasteiger partial charge is 0.462 e. The molecule has 0 aromatic rings. The van der Waals surface area contributed by atoms with Gasteiger partial charge in [-0.05, 0) is 68.2 Å². The second-order valence-corrected chi connectivity index (χ2v) is 14.5. The number of ether oxygens (including phenoxy) is 2. The van der Waals surface area contributed by atoms with Gasteiger partial charge < -0.3 is 14.3 Å². The van der Waals surface area contributed by atoms with Crippen molar-refractivity contribution >= 4 is 11.9 Å². The molecule has 2 fully saturated rings. The van der Waals surface area contributed by atoms with Crippen molar-refractivity contribution in [2.24, 2.45) is 0 Å². The average molecular weight is 556 g/mol. The second kappa shape index (κ2) is 13.2. The lowest BCUT2D eigenvalue weighted by Gasteiger charge is -2.57. The van der Waals surface area contributed by atoms with Crippen LogP contribution in [0.5, 0.6) is 0 Å². The molecule has 2 aliphatic rings. The molecule has 2 heterocycles. The zero-order chi connectivity index (χ0) is 29.7. The van der Waals surface area contributed by atoms with Crippen LogP contribution in [0.25, 0.3) is 0 Å². The minimum Gasteiger partial charge on any atom is -0.462 e. The van der Waals surface area contributed by atoms with Crippen molar-refractivity contribution in [2.75, 3.05) is 21.3 Å². The number of hydrogen-bond donors (Lipinski definition) is 0. The number of carbonyl (C=O) groups is 2. The van der Waals surface area contributed by atoms with Crippen LogP contribution in [-0.4, -0.2) is 77.3 Å². The lowest BCUT2D eigenvalue weighted by atomic mass is 9.78. The number of likely N-dealkylation sites (tertiary alicyclic amines) is 1. The molecule has 2 aliphatic heterocycles. The van der Waals surface area contributed by atoms with E-state index < -0.39 is 0 Å². The van der Waals surface area contributed by atoms with Crippen LogP contribution in [0.4, 0.5) is 0 Å². The third-order valence-corrected chi connectivity index (χ3v) is 9.47. The SMILES string of the molecule is CON1C(C)(C)CC(OC(=O)CCCCCCCCC(=O)OC2CC(C)(C)[N+](C)(OC)C(C)(C)C2)CC1(C)C. The van der Waals surface area contributed by atoms with Crippen molar-refractivity contribution in [3.05, 3.63) is 0 Å². The quantitative estimate of drug-likeness (QED) is 0.146. The third-order valence-electron chi connectivity index (χ3n) is 9.47. The van der Waals surface area contributed by atoms with Crippen molar-refractivity contribution in [1.82, 2.24) is 5.06 Å². The smallest absolute Gasteiger partial charge is 0.306 e. The first-order valence-corrected chi connectivity index (χ1v) is 15.1. The summed E-state index contributed by atoms with van der Waals surface area (Å²) in [6.45, 7) is 17.3. The summed E-state index contributed by atoms with van der Waals surface area (Å²) in [5.41, 5.74) is -0.685. The molecule has 0 unspecified atom stereocenters. The standard InChI is InChI=1S/C31H59N2O6/c1-28(2)20-24(21-29(3,4)32(28)36-10)38-26(34)18-16-14-12-13-15-17-19-27(35)39-25-22-30(5,6)33(9,37-11)31(7,8)23-25/h24-25H,12-23H2,1-11H3/q+1. The molecular weight excluding hydrogens is 496 g/mol. The fourth-order valence-corrected chi connectivity index (χ4v) is 7.42. The predicted octanol–water partition coefficient (Wildman–Crippen LogP) is 6.50. The molecule has 0 N–H and O–H groups in total. The van der Waals surface area contributed by atoms with E-state index in [1.807, 2.05) is 5.06 Å². The Morgan fingerprint density at radius 2 is 1.03 bits per heavy atom. The summed E-state index contributed by atoms with van der Waals surface area (Å²) < 4.78 is 12.3. The number of quaternary nitrogens is 1. The van der Waals surface area contributed by atoms with E-state index in [2.05, 4.69) is 62.4 Å². The molecule has 0 spiro atoms. The van der Waals surface area contributed by atoms with Crippen molar-refractivity contribution in [1.29, 1.82) is 0 Å². The summed E-state index contributed by atoms with van der Waals surface area (Å²) in [5, 5.41) is 2.03. The van der Waals surface area contributed by atoms with Crippen molar-refractivity contribution in [3.8, 4) is 0 Å². The summed E-state index contributed by atoms with van der Waals surface area (Å²) in [4.78, 5) is 36.5. The van der Waals surface area contributed by atoms with E-state index in [9.17, 15) is 9.59 Å². The van der Waals surface area contributed by atoms with Gasteiger partial charge in [0.05, 0.1) is 21.3 Å². The molecule has 0 bridgehead atoms. The Kier molecular flexibility index (Phi) is 11.5. The fourth-order valence-electron chi connectivity index (χ4n) is 7.42. The number of esters is 2. The first kappa shape index (κ1) is 34.0.